The van der Waals surface area contributed by atoms with Crippen molar-refractivity contribution >= 4 is 5.97 Å². The zero-order chi connectivity index (χ0) is 8.69. The fourth-order valence-corrected chi connectivity index (χ4v) is 1.35. The van der Waals surface area contributed by atoms with Gasteiger partial charge in [-0.05, 0) is 12.8 Å². The standard InChI is InChI=1S/C7H12O2.CH4O/c8-7(9)6-4-2-1-3-5-6;1-2/h6H,1-5H2,(H,8,9);2H,1H3. The molecule has 0 unspecified atom stereocenters. The van der Waals surface area contributed by atoms with Crippen LogP contribution in [-0.2, 0) is 4.79 Å². The van der Waals surface area contributed by atoms with Gasteiger partial charge in [-0.1, -0.05) is 19.3 Å². The summed E-state index contributed by atoms with van der Waals surface area (Å²) in [5.41, 5.74) is 0. The molecule has 0 aliphatic heterocycles. The van der Waals surface area contributed by atoms with E-state index in [0.29, 0.717) is 0 Å². The van der Waals surface area contributed by atoms with Crippen LogP contribution in [-0.4, -0.2) is 23.3 Å². The molecular formula is C8H16O3. The van der Waals surface area contributed by atoms with Crippen LogP contribution in [0.5, 0.6) is 0 Å². The average Bonchev–Trinajstić information content (AvgIpc) is 2.10. The van der Waals surface area contributed by atoms with Gasteiger partial charge in [0.25, 0.3) is 0 Å². The maximum Gasteiger partial charge on any atom is 0.306 e. The van der Waals surface area contributed by atoms with Gasteiger partial charge in [-0.25, -0.2) is 0 Å². The first-order valence-electron chi connectivity index (χ1n) is 3.98. The van der Waals surface area contributed by atoms with E-state index < -0.39 is 5.97 Å². The number of aliphatic carboxylic acids is 1. The summed E-state index contributed by atoms with van der Waals surface area (Å²) in [6, 6.07) is 0. The first-order valence-corrected chi connectivity index (χ1v) is 3.98. The molecule has 0 aromatic heterocycles. The fraction of sp³-hybridized carbons (Fsp3) is 0.875. The van der Waals surface area contributed by atoms with Crippen LogP contribution >= 0.6 is 0 Å². The number of carboxylic acids is 1. The van der Waals surface area contributed by atoms with E-state index in [2.05, 4.69) is 0 Å². The molecule has 66 valence electrons. The van der Waals surface area contributed by atoms with Crippen LogP contribution < -0.4 is 0 Å². The third kappa shape index (κ3) is 3.98. The molecule has 0 saturated heterocycles. The maximum absolute atomic E-state index is 10.4. The molecule has 0 radical (unpaired) electrons. The molecule has 11 heavy (non-hydrogen) atoms. The summed E-state index contributed by atoms with van der Waals surface area (Å²) in [5, 5.41) is 15.5. The number of aliphatic hydroxyl groups is 1. The number of rotatable bonds is 1. The van der Waals surface area contributed by atoms with Crippen molar-refractivity contribution in [3.63, 3.8) is 0 Å². The van der Waals surface area contributed by atoms with Crippen LogP contribution in [0.3, 0.4) is 0 Å². The first-order chi connectivity index (χ1) is 5.30. The van der Waals surface area contributed by atoms with Gasteiger partial charge in [0.15, 0.2) is 0 Å². The summed E-state index contributed by atoms with van der Waals surface area (Å²) in [7, 11) is 1.00. The lowest BCUT2D eigenvalue weighted by molar-refractivity contribution is -0.142. The second-order valence-corrected chi connectivity index (χ2v) is 2.67. The smallest absolute Gasteiger partial charge is 0.306 e. The Balaban J connectivity index is 0.000000461. The van der Waals surface area contributed by atoms with E-state index in [0.717, 1.165) is 32.8 Å². The van der Waals surface area contributed by atoms with Gasteiger partial charge in [-0.15, -0.1) is 0 Å². The molecular weight excluding hydrogens is 144 g/mol. The van der Waals surface area contributed by atoms with Gasteiger partial charge in [0, 0.05) is 7.11 Å². The molecule has 0 aromatic rings. The SMILES string of the molecule is CO.O=C(O)C1CCCCC1. The number of aliphatic hydroxyl groups excluding tert-OH is 1. The summed E-state index contributed by atoms with van der Waals surface area (Å²) in [6.07, 6.45) is 5.24. The Hall–Kier alpha value is -0.570. The van der Waals surface area contributed by atoms with Crippen molar-refractivity contribution in [2.75, 3.05) is 7.11 Å². The molecule has 1 aliphatic carbocycles. The highest BCUT2D eigenvalue weighted by Gasteiger charge is 2.19. The number of carboxylic acid groups (broad SMARTS) is 1. The van der Waals surface area contributed by atoms with Crippen molar-refractivity contribution in [2.45, 2.75) is 32.1 Å². The van der Waals surface area contributed by atoms with Gasteiger partial charge in [0.1, 0.15) is 0 Å². The van der Waals surface area contributed by atoms with E-state index >= 15 is 0 Å². The van der Waals surface area contributed by atoms with Crippen molar-refractivity contribution in [2.24, 2.45) is 5.92 Å². The second-order valence-electron chi connectivity index (χ2n) is 2.67. The Kier molecular flexibility index (Phi) is 5.84. The molecule has 1 aliphatic rings. The van der Waals surface area contributed by atoms with Crippen molar-refractivity contribution in [3.8, 4) is 0 Å². The van der Waals surface area contributed by atoms with E-state index in [1.807, 2.05) is 0 Å². The van der Waals surface area contributed by atoms with E-state index in [9.17, 15) is 4.79 Å². The number of carbonyl (C=O) groups is 1. The Morgan fingerprint density at radius 3 is 1.91 bits per heavy atom. The summed E-state index contributed by atoms with van der Waals surface area (Å²) in [6.45, 7) is 0. The Morgan fingerprint density at radius 1 is 1.18 bits per heavy atom. The van der Waals surface area contributed by atoms with Crippen molar-refractivity contribution < 1.29 is 15.0 Å². The normalized spacial score (nSPS) is 18.4. The molecule has 0 atom stereocenters. The molecule has 1 rings (SSSR count). The summed E-state index contributed by atoms with van der Waals surface area (Å²) in [4.78, 5) is 10.4. The fourth-order valence-electron chi connectivity index (χ4n) is 1.35. The molecule has 0 heterocycles. The molecule has 2 N–H and O–H groups in total. The van der Waals surface area contributed by atoms with E-state index in [-0.39, 0.29) is 5.92 Å². The molecule has 0 amide bonds. The van der Waals surface area contributed by atoms with E-state index in [4.69, 9.17) is 10.2 Å². The highest BCUT2D eigenvalue weighted by molar-refractivity contribution is 5.69. The van der Waals surface area contributed by atoms with E-state index in [1.54, 1.807) is 0 Å². The monoisotopic (exact) mass is 160 g/mol. The zero-order valence-corrected chi connectivity index (χ0v) is 6.92. The minimum atomic E-state index is -0.602. The van der Waals surface area contributed by atoms with Crippen LogP contribution in [0.25, 0.3) is 0 Å². The van der Waals surface area contributed by atoms with Crippen molar-refractivity contribution in [3.05, 3.63) is 0 Å². The molecule has 0 bridgehead atoms. The minimum absolute atomic E-state index is 0.0289. The largest absolute Gasteiger partial charge is 0.481 e. The number of hydrogen-bond acceptors (Lipinski definition) is 2. The maximum atomic E-state index is 10.4. The van der Waals surface area contributed by atoms with Crippen molar-refractivity contribution in [1.82, 2.24) is 0 Å². The average molecular weight is 160 g/mol. The van der Waals surface area contributed by atoms with Crippen LogP contribution in [0.2, 0.25) is 0 Å². The van der Waals surface area contributed by atoms with Crippen LogP contribution in [0, 0.1) is 5.92 Å². The topological polar surface area (TPSA) is 57.5 Å². The first kappa shape index (κ1) is 10.4. The zero-order valence-electron chi connectivity index (χ0n) is 6.92. The third-order valence-corrected chi connectivity index (χ3v) is 1.95. The predicted molar refractivity (Wildman–Crippen MR) is 42.4 cm³/mol. The highest BCUT2D eigenvalue weighted by atomic mass is 16.4. The van der Waals surface area contributed by atoms with E-state index in [1.165, 1.54) is 6.42 Å². The van der Waals surface area contributed by atoms with Gasteiger partial charge in [-0.3, -0.25) is 4.79 Å². The highest BCUT2D eigenvalue weighted by Crippen LogP contribution is 2.23. The van der Waals surface area contributed by atoms with Gasteiger partial charge in [-0.2, -0.15) is 0 Å². The summed E-state index contributed by atoms with van der Waals surface area (Å²) < 4.78 is 0. The lowest BCUT2D eigenvalue weighted by Crippen LogP contribution is -2.16. The van der Waals surface area contributed by atoms with Crippen LogP contribution in [0.15, 0.2) is 0 Å². The lowest BCUT2D eigenvalue weighted by Gasteiger charge is -2.16. The lowest BCUT2D eigenvalue weighted by atomic mass is 9.90. The Bertz CT molecular complexity index is 106. The quantitative estimate of drug-likeness (QED) is 0.607. The van der Waals surface area contributed by atoms with Crippen LogP contribution in [0.4, 0.5) is 0 Å². The molecule has 0 spiro atoms. The predicted octanol–water partition coefficient (Wildman–Crippen LogP) is 1.26. The van der Waals surface area contributed by atoms with Gasteiger partial charge in [0.05, 0.1) is 5.92 Å². The Morgan fingerprint density at radius 2 is 1.64 bits per heavy atom. The molecule has 3 nitrogen and oxygen atoms in total. The molecule has 1 saturated carbocycles. The Labute approximate surface area is 67.0 Å². The van der Waals surface area contributed by atoms with Gasteiger partial charge < -0.3 is 10.2 Å². The van der Waals surface area contributed by atoms with Gasteiger partial charge >= 0.3 is 5.97 Å². The molecule has 0 aromatic carbocycles. The second kappa shape index (κ2) is 6.16. The van der Waals surface area contributed by atoms with Crippen molar-refractivity contribution in [1.29, 1.82) is 0 Å². The molecule has 3 heteroatoms. The summed E-state index contributed by atoms with van der Waals surface area (Å²) in [5.74, 6) is -0.631. The molecule has 1 fully saturated rings. The van der Waals surface area contributed by atoms with Crippen LogP contribution in [0.1, 0.15) is 32.1 Å². The minimum Gasteiger partial charge on any atom is -0.481 e. The van der Waals surface area contributed by atoms with Gasteiger partial charge in [0.2, 0.25) is 0 Å². The number of hydrogen-bond donors (Lipinski definition) is 2. The third-order valence-electron chi connectivity index (χ3n) is 1.95. The summed E-state index contributed by atoms with van der Waals surface area (Å²) >= 11 is 0.